The predicted octanol–water partition coefficient (Wildman–Crippen LogP) is 3.94. The van der Waals surface area contributed by atoms with Crippen molar-refractivity contribution in [1.82, 2.24) is 14.7 Å². The van der Waals surface area contributed by atoms with Crippen molar-refractivity contribution >= 4 is 17.5 Å². The molecular weight excluding hydrogens is 338 g/mol. The Hall–Kier alpha value is -2.01. The van der Waals surface area contributed by atoms with Crippen molar-refractivity contribution in [2.45, 2.75) is 45.8 Å². The van der Waals surface area contributed by atoms with E-state index in [-0.39, 0.29) is 12.0 Å². The number of halogens is 1. The number of para-hydroxylation sites is 1. The molecule has 0 aliphatic carbocycles. The minimum atomic E-state index is 0.0658. The van der Waals surface area contributed by atoms with Gasteiger partial charge in [0.2, 0.25) is 0 Å². The van der Waals surface area contributed by atoms with Gasteiger partial charge in [-0.3, -0.25) is 9.48 Å². The maximum absolute atomic E-state index is 12.8. The number of amides is 1. The van der Waals surface area contributed by atoms with Gasteiger partial charge in [-0.25, -0.2) is 0 Å². The van der Waals surface area contributed by atoms with Crippen molar-refractivity contribution in [1.29, 1.82) is 0 Å². The van der Waals surface area contributed by atoms with Gasteiger partial charge in [0, 0.05) is 38.7 Å². The summed E-state index contributed by atoms with van der Waals surface area (Å²) >= 11 is 6.15. The summed E-state index contributed by atoms with van der Waals surface area (Å²) in [5.41, 5.74) is 1.51. The molecule has 1 amide bonds. The van der Waals surface area contributed by atoms with Crippen molar-refractivity contribution < 1.29 is 9.53 Å². The predicted molar refractivity (Wildman–Crippen MR) is 98.3 cm³/mol. The molecule has 3 rings (SSSR count). The topological polar surface area (TPSA) is 47.4 Å². The number of carbonyl (C=O) groups excluding carboxylic acids is 1. The minimum absolute atomic E-state index is 0.0658. The van der Waals surface area contributed by atoms with Crippen LogP contribution in [0.2, 0.25) is 5.02 Å². The van der Waals surface area contributed by atoms with Gasteiger partial charge in [0.15, 0.2) is 0 Å². The second-order valence-corrected chi connectivity index (χ2v) is 6.84. The van der Waals surface area contributed by atoms with E-state index in [0.29, 0.717) is 29.4 Å². The molecule has 1 aliphatic heterocycles. The lowest BCUT2D eigenvalue weighted by Crippen LogP contribution is -2.41. The number of ether oxygens (including phenoxy) is 1. The van der Waals surface area contributed by atoms with Gasteiger partial charge in [0.05, 0.1) is 16.3 Å². The third-order valence-electron chi connectivity index (χ3n) is 4.49. The van der Waals surface area contributed by atoms with Crippen molar-refractivity contribution in [2.24, 2.45) is 0 Å². The molecular formula is C19H24ClN3O2. The molecule has 134 valence electrons. The summed E-state index contributed by atoms with van der Waals surface area (Å²) < 4.78 is 7.85. The van der Waals surface area contributed by atoms with Gasteiger partial charge in [-0.1, -0.05) is 30.7 Å². The SMILES string of the molecule is CCCn1cc(C(=O)N2CCC(Oc3ccccc3Cl)CC2)c(C)n1. The fraction of sp³-hybridized carbons (Fsp3) is 0.474. The first kappa shape index (κ1) is 17.8. The Labute approximate surface area is 153 Å². The summed E-state index contributed by atoms with van der Waals surface area (Å²) in [7, 11) is 0. The molecule has 1 aliphatic rings. The average molecular weight is 362 g/mol. The quantitative estimate of drug-likeness (QED) is 0.810. The normalized spacial score (nSPS) is 15.4. The molecule has 2 aromatic rings. The van der Waals surface area contributed by atoms with Crippen LogP contribution in [-0.2, 0) is 6.54 Å². The summed E-state index contributed by atoms with van der Waals surface area (Å²) in [6.07, 6.45) is 4.57. The lowest BCUT2D eigenvalue weighted by atomic mass is 10.1. The number of aromatic nitrogens is 2. The highest BCUT2D eigenvalue weighted by atomic mass is 35.5. The molecule has 5 nitrogen and oxygen atoms in total. The zero-order valence-electron chi connectivity index (χ0n) is 14.7. The maximum Gasteiger partial charge on any atom is 0.257 e. The highest BCUT2D eigenvalue weighted by molar-refractivity contribution is 6.32. The first-order valence-electron chi connectivity index (χ1n) is 8.83. The van der Waals surface area contributed by atoms with E-state index in [0.717, 1.165) is 31.5 Å². The molecule has 1 aromatic heterocycles. The van der Waals surface area contributed by atoms with Gasteiger partial charge in [0.25, 0.3) is 5.91 Å². The molecule has 6 heteroatoms. The van der Waals surface area contributed by atoms with E-state index in [2.05, 4.69) is 12.0 Å². The number of likely N-dealkylation sites (tertiary alicyclic amines) is 1. The number of hydrogen-bond donors (Lipinski definition) is 0. The number of piperidine rings is 1. The molecule has 0 atom stereocenters. The monoisotopic (exact) mass is 361 g/mol. The van der Waals surface area contributed by atoms with Crippen LogP contribution >= 0.6 is 11.6 Å². The van der Waals surface area contributed by atoms with Crippen LogP contribution in [0, 0.1) is 6.92 Å². The number of hydrogen-bond acceptors (Lipinski definition) is 3. The van der Waals surface area contributed by atoms with E-state index in [1.165, 1.54) is 0 Å². The van der Waals surface area contributed by atoms with Crippen LogP contribution in [-0.4, -0.2) is 39.8 Å². The van der Waals surface area contributed by atoms with Crippen LogP contribution in [0.15, 0.2) is 30.5 Å². The van der Waals surface area contributed by atoms with Gasteiger partial charge >= 0.3 is 0 Å². The lowest BCUT2D eigenvalue weighted by molar-refractivity contribution is 0.0595. The van der Waals surface area contributed by atoms with E-state index in [4.69, 9.17) is 16.3 Å². The van der Waals surface area contributed by atoms with Crippen LogP contribution in [0.4, 0.5) is 0 Å². The Morgan fingerprint density at radius 3 is 2.72 bits per heavy atom. The number of aryl methyl sites for hydroxylation is 2. The molecule has 25 heavy (non-hydrogen) atoms. The van der Waals surface area contributed by atoms with Crippen LogP contribution in [0.5, 0.6) is 5.75 Å². The zero-order valence-corrected chi connectivity index (χ0v) is 15.5. The molecule has 1 saturated heterocycles. The van der Waals surface area contributed by atoms with Crippen LogP contribution in [0.25, 0.3) is 0 Å². The fourth-order valence-electron chi connectivity index (χ4n) is 3.14. The van der Waals surface area contributed by atoms with Crippen molar-refractivity contribution in [2.75, 3.05) is 13.1 Å². The zero-order chi connectivity index (χ0) is 17.8. The van der Waals surface area contributed by atoms with Gasteiger partial charge in [-0.2, -0.15) is 5.10 Å². The van der Waals surface area contributed by atoms with E-state index in [1.54, 1.807) is 0 Å². The smallest absolute Gasteiger partial charge is 0.257 e. The van der Waals surface area contributed by atoms with E-state index in [1.807, 2.05) is 47.0 Å². The van der Waals surface area contributed by atoms with E-state index < -0.39 is 0 Å². The molecule has 0 N–H and O–H groups in total. The van der Waals surface area contributed by atoms with Gasteiger partial charge in [0.1, 0.15) is 11.9 Å². The minimum Gasteiger partial charge on any atom is -0.489 e. The Kier molecular flexibility index (Phi) is 5.63. The Morgan fingerprint density at radius 2 is 2.04 bits per heavy atom. The van der Waals surface area contributed by atoms with Crippen molar-refractivity contribution in [3.63, 3.8) is 0 Å². The molecule has 0 bridgehead atoms. The van der Waals surface area contributed by atoms with Crippen molar-refractivity contribution in [3.8, 4) is 5.75 Å². The van der Waals surface area contributed by atoms with Gasteiger partial charge in [-0.15, -0.1) is 0 Å². The second kappa shape index (κ2) is 7.91. The molecule has 0 spiro atoms. The Balaban J connectivity index is 1.58. The average Bonchev–Trinajstić information content (AvgIpc) is 2.98. The Bertz CT molecular complexity index is 736. The fourth-order valence-corrected chi connectivity index (χ4v) is 3.32. The third kappa shape index (κ3) is 4.15. The molecule has 0 radical (unpaired) electrons. The molecule has 0 saturated carbocycles. The summed E-state index contributed by atoms with van der Waals surface area (Å²) in [5.74, 6) is 0.779. The largest absolute Gasteiger partial charge is 0.489 e. The second-order valence-electron chi connectivity index (χ2n) is 6.43. The van der Waals surface area contributed by atoms with Gasteiger partial charge in [-0.05, 0) is 25.5 Å². The van der Waals surface area contributed by atoms with Gasteiger partial charge < -0.3 is 9.64 Å². The number of nitrogens with zero attached hydrogens (tertiary/aromatic N) is 3. The summed E-state index contributed by atoms with van der Waals surface area (Å²) in [5, 5.41) is 5.05. The molecule has 1 fully saturated rings. The molecule has 1 aromatic carbocycles. The third-order valence-corrected chi connectivity index (χ3v) is 4.80. The Morgan fingerprint density at radius 1 is 1.32 bits per heavy atom. The van der Waals surface area contributed by atoms with Crippen LogP contribution < -0.4 is 4.74 Å². The lowest BCUT2D eigenvalue weighted by Gasteiger charge is -2.32. The van der Waals surface area contributed by atoms with Crippen molar-refractivity contribution in [3.05, 3.63) is 46.7 Å². The molecule has 2 heterocycles. The van der Waals surface area contributed by atoms with E-state index >= 15 is 0 Å². The number of carbonyl (C=O) groups is 1. The molecule has 0 unspecified atom stereocenters. The van der Waals surface area contributed by atoms with Crippen LogP contribution in [0.1, 0.15) is 42.2 Å². The van der Waals surface area contributed by atoms with Crippen LogP contribution in [0.3, 0.4) is 0 Å². The van der Waals surface area contributed by atoms with E-state index in [9.17, 15) is 4.79 Å². The standard InChI is InChI=1S/C19H24ClN3O2/c1-3-10-23-13-16(14(2)21-23)19(24)22-11-8-15(9-12-22)25-18-7-5-4-6-17(18)20/h4-7,13,15H,3,8-12H2,1-2H3. The first-order valence-corrected chi connectivity index (χ1v) is 9.20. The highest BCUT2D eigenvalue weighted by Crippen LogP contribution is 2.27. The first-order chi connectivity index (χ1) is 12.1. The highest BCUT2D eigenvalue weighted by Gasteiger charge is 2.27. The summed E-state index contributed by atoms with van der Waals surface area (Å²) in [4.78, 5) is 14.7. The summed E-state index contributed by atoms with van der Waals surface area (Å²) in [6, 6.07) is 7.51. The maximum atomic E-state index is 12.8. The number of benzene rings is 1. The summed E-state index contributed by atoms with van der Waals surface area (Å²) in [6.45, 7) is 6.20. The number of rotatable bonds is 5.